The number of nitrogens with zero attached hydrogens (tertiary/aromatic N) is 1. The zero-order chi connectivity index (χ0) is 21.0. The van der Waals surface area contributed by atoms with Crippen LogP contribution in [0.1, 0.15) is 16.1 Å². The molecule has 11 heteroatoms. The number of amides is 1. The first-order valence-electron chi connectivity index (χ1n) is 8.18. The van der Waals surface area contributed by atoms with E-state index >= 15 is 0 Å². The molecule has 0 unspecified atom stereocenters. The highest BCUT2D eigenvalue weighted by Gasteiger charge is 2.16. The van der Waals surface area contributed by atoms with Crippen molar-refractivity contribution < 1.29 is 17.7 Å². The number of nitrogens with one attached hydrogen (secondary N) is 3. The number of aryl methyl sites for hydroxylation is 1. The van der Waals surface area contributed by atoms with Crippen LogP contribution in [0, 0.1) is 6.92 Å². The number of thiocarbonyl (C=S) groups is 1. The zero-order valence-electron chi connectivity index (χ0n) is 15.0. The highest BCUT2D eigenvalue weighted by atomic mass is 35.5. The third kappa shape index (κ3) is 5.31. The van der Waals surface area contributed by atoms with Gasteiger partial charge in [0.2, 0.25) is 0 Å². The van der Waals surface area contributed by atoms with Gasteiger partial charge in [0.05, 0.1) is 15.5 Å². The van der Waals surface area contributed by atoms with Gasteiger partial charge in [0.1, 0.15) is 5.76 Å². The monoisotopic (exact) mass is 450 g/mol. The lowest BCUT2D eigenvalue weighted by molar-refractivity contribution is 0.0978. The molecule has 1 amide bonds. The number of aromatic nitrogens is 1. The van der Waals surface area contributed by atoms with Crippen molar-refractivity contribution in [3.63, 3.8) is 0 Å². The first kappa shape index (κ1) is 20.8. The lowest BCUT2D eigenvalue weighted by Crippen LogP contribution is -2.34. The lowest BCUT2D eigenvalue weighted by Gasteiger charge is -2.11. The molecule has 0 saturated carbocycles. The fraction of sp³-hybridized carbons (Fsp3) is 0.0556. The van der Waals surface area contributed by atoms with Gasteiger partial charge in [-0.3, -0.25) is 14.8 Å². The summed E-state index contributed by atoms with van der Waals surface area (Å²) in [5.74, 6) is 0.113. The van der Waals surface area contributed by atoms with Crippen molar-refractivity contribution in [3.05, 3.63) is 70.9 Å². The van der Waals surface area contributed by atoms with Crippen LogP contribution in [0.15, 0.2) is 64.0 Å². The van der Waals surface area contributed by atoms with Gasteiger partial charge in [-0.25, -0.2) is 8.42 Å². The summed E-state index contributed by atoms with van der Waals surface area (Å²) in [4.78, 5) is 12.2. The van der Waals surface area contributed by atoms with Crippen molar-refractivity contribution in [3.8, 4) is 0 Å². The van der Waals surface area contributed by atoms with Crippen molar-refractivity contribution in [2.24, 2.45) is 0 Å². The predicted molar refractivity (Wildman–Crippen MR) is 114 cm³/mol. The third-order valence-corrected chi connectivity index (χ3v) is 5.54. The standard InChI is InChI=1S/C18H15ClN4O4S2/c1-11-10-16(22-27-11)23-29(25,26)13-8-6-12(7-9-13)20-18(28)21-17(24)14-4-2-3-5-15(14)19/h2-10H,1H3,(H,22,23)(H2,20,21,24,28). The summed E-state index contributed by atoms with van der Waals surface area (Å²) in [5, 5.41) is 9.26. The predicted octanol–water partition coefficient (Wildman–Crippen LogP) is 3.56. The highest BCUT2D eigenvalue weighted by molar-refractivity contribution is 7.92. The number of sulfonamides is 1. The molecule has 0 bridgehead atoms. The number of carbonyl (C=O) groups is 1. The van der Waals surface area contributed by atoms with Gasteiger partial charge in [-0.05, 0) is 55.5 Å². The Morgan fingerprint density at radius 2 is 1.83 bits per heavy atom. The molecule has 0 saturated heterocycles. The largest absolute Gasteiger partial charge is 0.360 e. The van der Waals surface area contributed by atoms with Crippen LogP contribution in [-0.2, 0) is 10.0 Å². The first-order chi connectivity index (χ1) is 13.7. The molecule has 8 nitrogen and oxygen atoms in total. The minimum atomic E-state index is -3.82. The van der Waals surface area contributed by atoms with E-state index in [9.17, 15) is 13.2 Å². The molecule has 1 aromatic heterocycles. The number of hydrogen-bond donors (Lipinski definition) is 3. The molecule has 0 atom stereocenters. The average Bonchev–Trinajstić information content (AvgIpc) is 3.06. The number of anilines is 2. The number of rotatable bonds is 5. The van der Waals surface area contributed by atoms with Gasteiger partial charge in [-0.2, -0.15) is 0 Å². The molecule has 0 aliphatic rings. The number of hydrogen-bond acceptors (Lipinski definition) is 6. The molecule has 150 valence electrons. The van der Waals surface area contributed by atoms with E-state index in [1.807, 2.05) is 0 Å². The minimum absolute atomic E-state index is 0.0229. The maximum Gasteiger partial charge on any atom is 0.263 e. The zero-order valence-corrected chi connectivity index (χ0v) is 17.4. The van der Waals surface area contributed by atoms with Gasteiger partial charge in [0.15, 0.2) is 10.9 Å². The third-order valence-electron chi connectivity index (χ3n) is 3.63. The maximum absolute atomic E-state index is 12.4. The summed E-state index contributed by atoms with van der Waals surface area (Å²) in [6.45, 7) is 1.65. The maximum atomic E-state index is 12.4. The Bertz CT molecular complexity index is 1160. The summed E-state index contributed by atoms with van der Waals surface area (Å²) in [5.41, 5.74) is 0.777. The van der Waals surface area contributed by atoms with Crippen LogP contribution in [0.4, 0.5) is 11.5 Å². The Labute approximate surface area is 177 Å². The summed E-state index contributed by atoms with van der Waals surface area (Å²) in [6, 6.07) is 13.8. The van der Waals surface area contributed by atoms with E-state index in [4.69, 9.17) is 28.3 Å². The molecule has 1 heterocycles. The van der Waals surface area contributed by atoms with Gasteiger partial charge in [0, 0.05) is 11.8 Å². The van der Waals surface area contributed by atoms with E-state index in [1.54, 1.807) is 31.2 Å². The van der Waals surface area contributed by atoms with Crippen LogP contribution in [0.5, 0.6) is 0 Å². The first-order valence-corrected chi connectivity index (χ1v) is 10.4. The van der Waals surface area contributed by atoms with Crippen molar-refractivity contribution in [2.75, 3.05) is 10.0 Å². The molecule has 3 aromatic rings. The number of halogens is 1. The fourth-order valence-corrected chi connectivity index (χ4v) is 3.72. The Balaban J connectivity index is 1.63. The van der Waals surface area contributed by atoms with E-state index in [0.717, 1.165) is 0 Å². The Hall–Kier alpha value is -2.95. The number of carbonyl (C=O) groups excluding carboxylic acids is 1. The van der Waals surface area contributed by atoms with E-state index in [0.29, 0.717) is 16.5 Å². The van der Waals surface area contributed by atoms with Crippen molar-refractivity contribution in [2.45, 2.75) is 11.8 Å². The Kier molecular flexibility index (Phi) is 6.16. The van der Waals surface area contributed by atoms with Crippen molar-refractivity contribution in [1.29, 1.82) is 0 Å². The Morgan fingerprint density at radius 3 is 2.45 bits per heavy atom. The SMILES string of the molecule is Cc1cc(NS(=O)(=O)c2ccc(NC(=S)NC(=O)c3ccccc3Cl)cc2)no1. The summed E-state index contributed by atoms with van der Waals surface area (Å²) >= 11 is 11.1. The normalized spacial score (nSPS) is 11.0. The van der Waals surface area contributed by atoms with Gasteiger partial charge in [-0.15, -0.1) is 0 Å². The Morgan fingerprint density at radius 1 is 1.14 bits per heavy atom. The summed E-state index contributed by atoms with van der Waals surface area (Å²) in [6.07, 6.45) is 0. The van der Waals surface area contributed by atoms with Crippen LogP contribution in [0.25, 0.3) is 0 Å². The van der Waals surface area contributed by atoms with Gasteiger partial charge in [-0.1, -0.05) is 28.9 Å². The highest BCUT2D eigenvalue weighted by Crippen LogP contribution is 2.18. The van der Waals surface area contributed by atoms with Crippen LogP contribution in [0.3, 0.4) is 0 Å². The average molecular weight is 451 g/mol. The van der Waals surface area contributed by atoms with Crippen molar-refractivity contribution in [1.82, 2.24) is 10.5 Å². The molecule has 0 radical (unpaired) electrons. The van der Waals surface area contributed by atoms with Gasteiger partial charge in [0.25, 0.3) is 15.9 Å². The molecular weight excluding hydrogens is 436 g/mol. The van der Waals surface area contributed by atoms with E-state index < -0.39 is 15.9 Å². The fourth-order valence-electron chi connectivity index (χ4n) is 2.31. The van der Waals surface area contributed by atoms with Crippen LogP contribution in [0.2, 0.25) is 5.02 Å². The number of benzene rings is 2. The van der Waals surface area contributed by atoms with Gasteiger partial charge >= 0.3 is 0 Å². The smallest absolute Gasteiger partial charge is 0.263 e. The molecular formula is C18H15ClN4O4S2. The van der Waals surface area contributed by atoms with E-state index in [2.05, 4.69) is 20.5 Å². The van der Waals surface area contributed by atoms with Crippen molar-refractivity contribution >= 4 is 56.4 Å². The molecule has 29 heavy (non-hydrogen) atoms. The quantitative estimate of drug-likeness (QED) is 0.509. The second-order valence-electron chi connectivity index (χ2n) is 5.84. The van der Waals surface area contributed by atoms with E-state index in [-0.39, 0.29) is 21.4 Å². The summed E-state index contributed by atoms with van der Waals surface area (Å²) < 4.78 is 31.9. The molecule has 0 aliphatic carbocycles. The topological polar surface area (TPSA) is 113 Å². The molecule has 0 spiro atoms. The van der Waals surface area contributed by atoms with E-state index in [1.165, 1.54) is 30.3 Å². The second-order valence-corrected chi connectivity index (χ2v) is 8.34. The van der Waals surface area contributed by atoms with Crippen LogP contribution < -0.4 is 15.4 Å². The van der Waals surface area contributed by atoms with Crippen LogP contribution >= 0.6 is 23.8 Å². The molecule has 3 N–H and O–H groups in total. The minimum Gasteiger partial charge on any atom is -0.360 e. The van der Waals surface area contributed by atoms with Crippen LogP contribution in [-0.4, -0.2) is 24.6 Å². The van der Waals surface area contributed by atoms with Gasteiger partial charge < -0.3 is 9.84 Å². The molecule has 3 rings (SSSR count). The molecule has 0 aliphatic heterocycles. The summed E-state index contributed by atoms with van der Waals surface area (Å²) in [7, 11) is -3.82. The molecule has 2 aromatic carbocycles. The lowest BCUT2D eigenvalue weighted by atomic mass is 10.2. The molecule has 0 fully saturated rings. The second kappa shape index (κ2) is 8.60.